The summed E-state index contributed by atoms with van der Waals surface area (Å²) < 4.78 is 1.56. The quantitative estimate of drug-likeness (QED) is 0.745. The van der Waals surface area contributed by atoms with Gasteiger partial charge in [0.15, 0.2) is 0 Å². The lowest BCUT2D eigenvalue weighted by atomic mass is 10.3. The largest absolute Gasteiger partial charge is 0.153 e. The first-order valence-electron chi connectivity index (χ1n) is 5.45. The molecule has 7 heteroatoms. The first-order valence-corrected chi connectivity index (χ1v) is 8.99. The molecule has 2 aromatic heterocycles. The summed E-state index contributed by atoms with van der Waals surface area (Å²) in [6, 6.07) is 7.77. The topological polar surface area (TPSA) is 24.7 Å². The molecule has 0 unspecified atom stereocenters. The third-order valence-electron chi connectivity index (χ3n) is 2.48. The lowest BCUT2D eigenvalue weighted by Gasteiger charge is -1.98. The van der Waals surface area contributed by atoms with Gasteiger partial charge in [-0.1, -0.05) is 23.2 Å². The van der Waals surface area contributed by atoms with Crippen LogP contribution in [0, 0.1) is 0 Å². The number of hydrogen-bond acceptors (Lipinski definition) is 5. The highest BCUT2D eigenvalue weighted by Gasteiger charge is 2.14. The van der Waals surface area contributed by atoms with E-state index in [2.05, 4.69) is 10.2 Å². The second-order valence-electron chi connectivity index (χ2n) is 3.79. The molecule has 0 saturated heterocycles. The van der Waals surface area contributed by atoms with Crippen molar-refractivity contribution in [1.82, 2.24) is 0 Å². The van der Waals surface area contributed by atoms with Crippen LogP contribution in [0.25, 0.3) is 0 Å². The van der Waals surface area contributed by atoms with Gasteiger partial charge in [0.2, 0.25) is 0 Å². The van der Waals surface area contributed by atoms with E-state index in [0.29, 0.717) is 0 Å². The molecule has 1 aliphatic heterocycles. The van der Waals surface area contributed by atoms with Crippen molar-refractivity contribution in [2.45, 2.75) is 0 Å². The molecular weight excluding hydrogens is 339 g/mol. The summed E-state index contributed by atoms with van der Waals surface area (Å²) >= 11 is 16.8. The highest BCUT2D eigenvalue weighted by molar-refractivity contribution is 8.00. The average molecular weight is 347 g/mol. The van der Waals surface area contributed by atoms with Crippen molar-refractivity contribution in [3.8, 4) is 0 Å². The van der Waals surface area contributed by atoms with Gasteiger partial charge in [0.1, 0.15) is 0 Å². The average Bonchev–Trinajstić information content (AvgIpc) is 2.92. The number of halogens is 2. The van der Waals surface area contributed by atoms with Gasteiger partial charge in [-0.15, -0.1) is 34.4 Å². The molecule has 3 rings (SSSR count). The van der Waals surface area contributed by atoms with E-state index in [1.807, 2.05) is 24.3 Å². The lowest BCUT2D eigenvalue weighted by molar-refractivity contribution is 1.23. The molecule has 0 spiro atoms. The maximum absolute atomic E-state index is 5.96. The number of nitrogens with zero attached hydrogens (tertiary/aromatic N) is 2. The maximum atomic E-state index is 5.96. The Kier molecular flexibility index (Phi) is 4.29. The Balaban J connectivity index is 1.89. The summed E-state index contributed by atoms with van der Waals surface area (Å²) in [7, 11) is 0. The molecular formula is C12H8Cl2N2S3. The molecule has 19 heavy (non-hydrogen) atoms. The number of rotatable bonds is 2. The normalized spacial score (nSPS) is 15.9. The minimum atomic E-state index is 0.779. The van der Waals surface area contributed by atoms with Crippen LogP contribution >= 0.6 is 57.6 Å². The van der Waals surface area contributed by atoms with Crippen LogP contribution in [0.3, 0.4) is 0 Å². The molecule has 98 valence electrons. The zero-order chi connectivity index (χ0) is 13.2. The van der Waals surface area contributed by atoms with E-state index in [1.165, 1.54) is 22.7 Å². The van der Waals surface area contributed by atoms with Gasteiger partial charge in [-0.05, 0) is 24.3 Å². The SMILES string of the molecule is Clc1ccc(C2=NN=C(c3ccc(Cl)s3)CSC2)s1. The molecule has 0 aliphatic carbocycles. The Morgan fingerprint density at radius 2 is 1.26 bits per heavy atom. The zero-order valence-electron chi connectivity index (χ0n) is 9.60. The predicted octanol–water partition coefficient (Wildman–Crippen LogP) is 5.06. The van der Waals surface area contributed by atoms with Gasteiger partial charge in [0.05, 0.1) is 29.9 Å². The Hall–Kier alpha value is -0.330. The van der Waals surface area contributed by atoms with Crippen molar-refractivity contribution in [3.05, 3.63) is 42.7 Å². The van der Waals surface area contributed by atoms with Gasteiger partial charge >= 0.3 is 0 Å². The molecule has 0 fully saturated rings. The predicted molar refractivity (Wildman–Crippen MR) is 89.1 cm³/mol. The monoisotopic (exact) mass is 346 g/mol. The van der Waals surface area contributed by atoms with E-state index in [0.717, 1.165) is 41.4 Å². The van der Waals surface area contributed by atoms with Crippen molar-refractivity contribution in [2.24, 2.45) is 10.2 Å². The molecule has 2 aromatic rings. The van der Waals surface area contributed by atoms with Crippen molar-refractivity contribution in [1.29, 1.82) is 0 Å². The lowest BCUT2D eigenvalue weighted by Crippen LogP contribution is -2.02. The van der Waals surface area contributed by atoms with E-state index in [-0.39, 0.29) is 0 Å². The summed E-state index contributed by atoms with van der Waals surface area (Å²) in [6.07, 6.45) is 0. The molecule has 0 amide bonds. The molecule has 0 saturated carbocycles. The van der Waals surface area contributed by atoms with Gasteiger partial charge in [0.25, 0.3) is 0 Å². The summed E-state index contributed by atoms with van der Waals surface area (Å²) in [4.78, 5) is 2.18. The highest BCUT2D eigenvalue weighted by atomic mass is 35.5. The van der Waals surface area contributed by atoms with Crippen molar-refractivity contribution < 1.29 is 0 Å². The highest BCUT2D eigenvalue weighted by Crippen LogP contribution is 2.27. The van der Waals surface area contributed by atoms with Crippen molar-refractivity contribution in [2.75, 3.05) is 11.5 Å². The van der Waals surface area contributed by atoms with Gasteiger partial charge < -0.3 is 0 Å². The smallest absolute Gasteiger partial charge is 0.0935 e. The van der Waals surface area contributed by atoms with Gasteiger partial charge in [-0.25, -0.2) is 0 Å². The van der Waals surface area contributed by atoms with E-state index >= 15 is 0 Å². The van der Waals surface area contributed by atoms with Gasteiger partial charge in [-0.3, -0.25) is 0 Å². The summed E-state index contributed by atoms with van der Waals surface area (Å²) in [6.45, 7) is 0. The van der Waals surface area contributed by atoms with Gasteiger partial charge in [0, 0.05) is 11.5 Å². The summed E-state index contributed by atoms with van der Waals surface area (Å²) in [5, 5.41) is 8.75. The Bertz CT molecular complexity index is 601. The Morgan fingerprint density at radius 1 is 0.789 bits per heavy atom. The summed E-state index contributed by atoms with van der Waals surface area (Å²) in [5.74, 6) is 1.70. The third-order valence-corrected chi connectivity index (χ3v) is 6.00. The van der Waals surface area contributed by atoms with Crippen LogP contribution in [0.5, 0.6) is 0 Å². The van der Waals surface area contributed by atoms with E-state index < -0.39 is 0 Å². The van der Waals surface area contributed by atoms with E-state index in [1.54, 1.807) is 11.8 Å². The Morgan fingerprint density at radius 3 is 1.63 bits per heavy atom. The molecule has 0 radical (unpaired) electrons. The van der Waals surface area contributed by atoms with Gasteiger partial charge in [-0.2, -0.15) is 10.2 Å². The molecule has 0 atom stereocenters. The van der Waals surface area contributed by atoms with Crippen molar-refractivity contribution >= 4 is 69.1 Å². The van der Waals surface area contributed by atoms with Crippen LogP contribution in [0.4, 0.5) is 0 Å². The molecule has 0 aromatic carbocycles. The van der Waals surface area contributed by atoms with Crippen LogP contribution in [-0.2, 0) is 0 Å². The molecule has 1 aliphatic rings. The van der Waals surface area contributed by atoms with Crippen LogP contribution < -0.4 is 0 Å². The fourth-order valence-corrected chi connectivity index (χ4v) is 4.75. The number of thioether (sulfide) groups is 1. The third kappa shape index (κ3) is 3.23. The van der Waals surface area contributed by atoms with Crippen LogP contribution in [0.2, 0.25) is 8.67 Å². The number of thiophene rings is 2. The molecule has 2 nitrogen and oxygen atoms in total. The molecule has 0 N–H and O–H groups in total. The minimum absolute atomic E-state index is 0.779. The first kappa shape index (κ1) is 13.6. The minimum Gasteiger partial charge on any atom is -0.153 e. The fourth-order valence-electron chi connectivity index (χ4n) is 1.60. The van der Waals surface area contributed by atoms with E-state index in [9.17, 15) is 0 Å². The summed E-state index contributed by atoms with van der Waals surface area (Å²) in [5.41, 5.74) is 1.97. The van der Waals surface area contributed by atoms with Crippen LogP contribution in [-0.4, -0.2) is 22.9 Å². The maximum Gasteiger partial charge on any atom is 0.0935 e. The Labute approximate surface area is 133 Å². The molecule has 0 bridgehead atoms. The van der Waals surface area contributed by atoms with Crippen LogP contribution in [0.1, 0.15) is 9.75 Å². The molecule has 3 heterocycles. The first-order chi connectivity index (χ1) is 9.22. The second-order valence-corrected chi connectivity index (χ2v) is 8.21. The van der Waals surface area contributed by atoms with Crippen LogP contribution in [0.15, 0.2) is 34.5 Å². The second kappa shape index (κ2) is 5.97. The fraction of sp³-hybridized carbons (Fsp3) is 0.167. The standard InChI is InChI=1S/C12H8Cl2N2S3/c13-11-3-1-9(18-11)7-5-17-6-8(16-15-7)10-2-4-12(14)19-10/h1-4H,5-6H2. The van der Waals surface area contributed by atoms with E-state index in [4.69, 9.17) is 23.2 Å². The van der Waals surface area contributed by atoms with Crippen molar-refractivity contribution in [3.63, 3.8) is 0 Å². The zero-order valence-corrected chi connectivity index (χ0v) is 13.6. The number of hydrogen-bond donors (Lipinski definition) is 0.